The fourth-order valence-corrected chi connectivity index (χ4v) is 3.76. The Morgan fingerprint density at radius 3 is 2.75 bits per heavy atom. The van der Waals surface area contributed by atoms with E-state index in [1.165, 1.54) is 36.8 Å². The molecule has 0 radical (unpaired) electrons. The zero-order valence-electron chi connectivity index (χ0n) is 12.2. The molecule has 4 rings (SSSR count). The molecule has 0 spiro atoms. The van der Waals surface area contributed by atoms with E-state index in [4.69, 9.17) is 16.6 Å². The maximum atomic E-state index is 6.38. The predicted molar refractivity (Wildman–Crippen MR) is 83.1 cm³/mol. The first kappa shape index (κ1) is 12.7. The van der Waals surface area contributed by atoms with Crippen molar-refractivity contribution in [2.45, 2.75) is 51.5 Å². The van der Waals surface area contributed by atoms with Crippen LogP contribution in [0.2, 0.25) is 0 Å². The van der Waals surface area contributed by atoms with Crippen LogP contribution in [0.4, 0.5) is 0 Å². The standard InChI is InChI=1S/C17H21ClN2/c1-11-3-6-15-14(9-11)19-16(12(2)18)20(15)10-17(7-8-17)13-4-5-13/h3,6,9,12-13H,4-5,7-8,10H2,1-2H3. The van der Waals surface area contributed by atoms with E-state index < -0.39 is 0 Å². The summed E-state index contributed by atoms with van der Waals surface area (Å²) in [7, 11) is 0. The number of fused-ring (bicyclic) bond motifs is 1. The summed E-state index contributed by atoms with van der Waals surface area (Å²) in [6.07, 6.45) is 5.63. The van der Waals surface area contributed by atoms with Gasteiger partial charge in [-0.25, -0.2) is 4.98 Å². The number of hydrogen-bond donors (Lipinski definition) is 0. The molecule has 2 fully saturated rings. The maximum absolute atomic E-state index is 6.38. The summed E-state index contributed by atoms with van der Waals surface area (Å²) in [6, 6.07) is 6.56. The second kappa shape index (κ2) is 4.24. The Hall–Kier alpha value is -1.02. The van der Waals surface area contributed by atoms with Crippen LogP contribution >= 0.6 is 11.6 Å². The lowest BCUT2D eigenvalue weighted by Crippen LogP contribution is -2.16. The van der Waals surface area contributed by atoms with Crippen LogP contribution in [0.1, 0.15) is 49.4 Å². The molecule has 2 aliphatic carbocycles. The molecule has 2 aromatic rings. The van der Waals surface area contributed by atoms with Crippen molar-refractivity contribution in [3.05, 3.63) is 29.6 Å². The molecule has 0 saturated heterocycles. The second-order valence-electron chi connectivity index (χ2n) is 6.80. The van der Waals surface area contributed by atoms with Gasteiger partial charge in [0.25, 0.3) is 0 Å². The Labute approximate surface area is 125 Å². The third-order valence-corrected chi connectivity index (χ3v) is 5.29. The minimum absolute atomic E-state index is 0.0299. The van der Waals surface area contributed by atoms with Gasteiger partial charge in [0, 0.05) is 6.54 Å². The molecular weight excluding hydrogens is 268 g/mol. The molecule has 20 heavy (non-hydrogen) atoms. The summed E-state index contributed by atoms with van der Waals surface area (Å²) in [5, 5.41) is -0.0299. The smallest absolute Gasteiger partial charge is 0.127 e. The highest BCUT2D eigenvalue weighted by Crippen LogP contribution is 2.62. The number of halogens is 1. The van der Waals surface area contributed by atoms with E-state index in [0.717, 1.165) is 23.8 Å². The van der Waals surface area contributed by atoms with E-state index in [-0.39, 0.29) is 5.38 Å². The number of imidazole rings is 1. The van der Waals surface area contributed by atoms with Crippen LogP contribution in [0, 0.1) is 18.3 Å². The van der Waals surface area contributed by atoms with Crippen molar-refractivity contribution in [1.82, 2.24) is 9.55 Å². The Bertz CT molecular complexity index is 663. The van der Waals surface area contributed by atoms with E-state index in [1.54, 1.807) is 0 Å². The lowest BCUT2D eigenvalue weighted by atomic mass is 10.0. The first-order valence-corrected chi connectivity index (χ1v) is 8.14. The number of hydrogen-bond acceptors (Lipinski definition) is 1. The van der Waals surface area contributed by atoms with Crippen LogP contribution in [0.25, 0.3) is 11.0 Å². The highest BCUT2D eigenvalue weighted by Gasteiger charge is 2.54. The zero-order chi connectivity index (χ0) is 13.9. The van der Waals surface area contributed by atoms with Gasteiger partial charge in [-0.15, -0.1) is 11.6 Å². The van der Waals surface area contributed by atoms with Crippen molar-refractivity contribution in [3.8, 4) is 0 Å². The lowest BCUT2D eigenvalue weighted by Gasteiger charge is -2.18. The van der Waals surface area contributed by atoms with Crippen LogP contribution in [-0.4, -0.2) is 9.55 Å². The summed E-state index contributed by atoms with van der Waals surface area (Å²) >= 11 is 6.38. The largest absolute Gasteiger partial charge is 0.326 e. The van der Waals surface area contributed by atoms with Crippen molar-refractivity contribution >= 4 is 22.6 Å². The van der Waals surface area contributed by atoms with Gasteiger partial charge in [-0.2, -0.15) is 0 Å². The normalized spacial score (nSPS) is 22.1. The summed E-state index contributed by atoms with van der Waals surface area (Å²) < 4.78 is 2.40. The molecule has 1 heterocycles. The molecule has 1 unspecified atom stereocenters. The molecule has 0 N–H and O–H groups in total. The van der Waals surface area contributed by atoms with E-state index in [0.29, 0.717) is 5.41 Å². The fourth-order valence-electron chi connectivity index (χ4n) is 3.59. The number of aromatic nitrogens is 2. The average Bonchev–Trinajstić information content (AvgIpc) is 3.27. The third-order valence-electron chi connectivity index (χ3n) is 5.10. The number of benzene rings is 1. The average molecular weight is 289 g/mol. The van der Waals surface area contributed by atoms with E-state index in [2.05, 4.69) is 29.7 Å². The Kier molecular flexibility index (Phi) is 2.69. The molecule has 3 heteroatoms. The SMILES string of the molecule is Cc1ccc2c(c1)nc(C(C)Cl)n2CC1(C2CC2)CC1. The van der Waals surface area contributed by atoms with Gasteiger partial charge < -0.3 is 4.57 Å². The molecule has 1 aromatic heterocycles. The molecule has 0 bridgehead atoms. The molecule has 0 aliphatic heterocycles. The third kappa shape index (κ3) is 1.96. The molecule has 1 atom stereocenters. The number of alkyl halides is 1. The number of rotatable bonds is 4. The first-order chi connectivity index (χ1) is 9.59. The van der Waals surface area contributed by atoms with Crippen molar-refractivity contribution in [3.63, 3.8) is 0 Å². The summed E-state index contributed by atoms with van der Waals surface area (Å²) in [4.78, 5) is 4.80. The van der Waals surface area contributed by atoms with Gasteiger partial charge in [-0.05, 0) is 68.6 Å². The van der Waals surface area contributed by atoms with Gasteiger partial charge in [-0.1, -0.05) is 6.07 Å². The van der Waals surface area contributed by atoms with E-state index in [1.807, 2.05) is 6.92 Å². The van der Waals surface area contributed by atoms with Crippen molar-refractivity contribution < 1.29 is 0 Å². The van der Waals surface area contributed by atoms with Gasteiger partial charge >= 0.3 is 0 Å². The minimum Gasteiger partial charge on any atom is -0.326 e. The lowest BCUT2D eigenvalue weighted by molar-refractivity contribution is 0.369. The Morgan fingerprint density at radius 1 is 1.40 bits per heavy atom. The van der Waals surface area contributed by atoms with Gasteiger partial charge in [0.1, 0.15) is 5.82 Å². The quantitative estimate of drug-likeness (QED) is 0.737. The Balaban J connectivity index is 1.81. The maximum Gasteiger partial charge on any atom is 0.127 e. The predicted octanol–water partition coefficient (Wildman–Crippen LogP) is 4.83. The molecule has 1 aromatic carbocycles. The molecule has 106 valence electrons. The highest BCUT2D eigenvalue weighted by molar-refractivity contribution is 6.20. The highest BCUT2D eigenvalue weighted by atomic mass is 35.5. The Morgan fingerprint density at radius 2 is 2.15 bits per heavy atom. The summed E-state index contributed by atoms with van der Waals surface area (Å²) in [5.41, 5.74) is 4.18. The van der Waals surface area contributed by atoms with Crippen molar-refractivity contribution in [2.75, 3.05) is 0 Å². The summed E-state index contributed by atoms with van der Waals surface area (Å²) in [6.45, 7) is 5.27. The topological polar surface area (TPSA) is 17.8 Å². The molecule has 2 nitrogen and oxygen atoms in total. The van der Waals surface area contributed by atoms with E-state index in [9.17, 15) is 0 Å². The molecular formula is C17H21ClN2. The molecule has 0 amide bonds. The van der Waals surface area contributed by atoms with E-state index >= 15 is 0 Å². The van der Waals surface area contributed by atoms with Crippen LogP contribution in [0.5, 0.6) is 0 Å². The van der Waals surface area contributed by atoms with Crippen LogP contribution < -0.4 is 0 Å². The number of nitrogens with zero attached hydrogens (tertiary/aromatic N) is 2. The van der Waals surface area contributed by atoms with Crippen molar-refractivity contribution in [1.29, 1.82) is 0 Å². The zero-order valence-corrected chi connectivity index (χ0v) is 13.0. The molecule has 2 saturated carbocycles. The van der Waals surface area contributed by atoms with Crippen LogP contribution in [0.3, 0.4) is 0 Å². The first-order valence-electron chi connectivity index (χ1n) is 7.70. The summed E-state index contributed by atoms with van der Waals surface area (Å²) in [5.74, 6) is 2.00. The van der Waals surface area contributed by atoms with Crippen LogP contribution in [-0.2, 0) is 6.54 Å². The number of aryl methyl sites for hydroxylation is 1. The van der Waals surface area contributed by atoms with Crippen molar-refractivity contribution in [2.24, 2.45) is 11.3 Å². The molecule has 2 aliphatic rings. The van der Waals surface area contributed by atoms with Gasteiger partial charge in [0.05, 0.1) is 16.4 Å². The second-order valence-corrected chi connectivity index (χ2v) is 7.46. The van der Waals surface area contributed by atoms with Gasteiger partial charge in [0.15, 0.2) is 0 Å². The minimum atomic E-state index is -0.0299. The van der Waals surface area contributed by atoms with Crippen LogP contribution in [0.15, 0.2) is 18.2 Å². The fraction of sp³-hybridized carbons (Fsp3) is 0.588. The van der Waals surface area contributed by atoms with Gasteiger partial charge in [0.2, 0.25) is 0 Å². The monoisotopic (exact) mass is 288 g/mol. The van der Waals surface area contributed by atoms with Gasteiger partial charge in [-0.3, -0.25) is 0 Å².